The van der Waals surface area contributed by atoms with Crippen LogP contribution in [0.2, 0.25) is 0 Å². The van der Waals surface area contributed by atoms with Gasteiger partial charge in [-0.15, -0.1) is 34.0 Å². The first-order chi connectivity index (χ1) is 20.2. The summed E-state index contributed by atoms with van der Waals surface area (Å²) in [4.78, 5) is 34.0. The number of carboxylic acid groups (broad SMARTS) is 1. The highest BCUT2D eigenvalue weighted by Gasteiger charge is 2.20. The molecule has 0 spiro atoms. The number of carbonyl (C=O) groups excluding carboxylic acids is 2. The molecule has 0 aliphatic heterocycles. The first-order valence-corrected chi connectivity index (χ1v) is 18.6. The van der Waals surface area contributed by atoms with Crippen molar-refractivity contribution in [3.63, 3.8) is 0 Å². The van der Waals surface area contributed by atoms with Gasteiger partial charge in [-0.05, 0) is 77.7 Å². The standard InChI is InChI=1S/C29H24O6S5.CO2/c1-17-12-25(18-6-4-8-21(13-18)39(2,32)33)37-28(17)23-10-11-24(36-23)29-20(16-27(30)31)15-26(38-29)19-7-5-9-22(14-19)40(3,34)35;2-1-3/h4-15H,16H2,1-3H3,(H,30,31);. The summed E-state index contributed by atoms with van der Waals surface area (Å²) in [5.41, 5.74) is 3.29. The molecular formula is C30H24O8S5. The molecule has 0 unspecified atom stereocenters. The molecule has 5 aromatic rings. The van der Waals surface area contributed by atoms with Crippen molar-refractivity contribution in [2.75, 3.05) is 12.5 Å². The predicted molar refractivity (Wildman–Crippen MR) is 169 cm³/mol. The molecule has 3 aromatic heterocycles. The number of benzene rings is 2. The molecule has 13 heteroatoms. The molecule has 0 bridgehead atoms. The minimum absolute atomic E-state index is 0.149. The Morgan fingerprint density at radius 2 is 1.16 bits per heavy atom. The van der Waals surface area contributed by atoms with Crippen LogP contribution in [0.4, 0.5) is 0 Å². The van der Waals surface area contributed by atoms with Gasteiger partial charge in [0.1, 0.15) is 0 Å². The molecule has 222 valence electrons. The van der Waals surface area contributed by atoms with Crippen LogP contribution >= 0.6 is 34.0 Å². The molecule has 0 amide bonds. The topological polar surface area (TPSA) is 140 Å². The zero-order chi connectivity index (χ0) is 31.5. The summed E-state index contributed by atoms with van der Waals surface area (Å²) in [5, 5.41) is 9.56. The van der Waals surface area contributed by atoms with E-state index in [1.807, 2.05) is 37.3 Å². The first kappa shape index (κ1) is 32.2. The fourth-order valence-corrected chi connectivity index (χ4v) is 9.29. The monoisotopic (exact) mass is 672 g/mol. The third-order valence-corrected chi connectivity index (χ3v) is 12.4. The van der Waals surface area contributed by atoms with Crippen molar-refractivity contribution in [1.82, 2.24) is 0 Å². The van der Waals surface area contributed by atoms with E-state index in [-0.39, 0.29) is 22.4 Å². The number of aliphatic carboxylic acids is 1. The van der Waals surface area contributed by atoms with Crippen LogP contribution < -0.4 is 0 Å². The maximum Gasteiger partial charge on any atom is 0.373 e. The van der Waals surface area contributed by atoms with Gasteiger partial charge >= 0.3 is 12.1 Å². The summed E-state index contributed by atoms with van der Waals surface area (Å²) < 4.78 is 48.2. The van der Waals surface area contributed by atoms with Crippen molar-refractivity contribution in [2.24, 2.45) is 0 Å². The smallest absolute Gasteiger partial charge is 0.373 e. The summed E-state index contributed by atoms with van der Waals surface area (Å²) in [6.07, 6.45) is 2.46. The normalized spacial score (nSPS) is 11.4. The highest BCUT2D eigenvalue weighted by molar-refractivity contribution is 7.91. The van der Waals surface area contributed by atoms with Gasteiger partial charge in [-0.25, -0.2) is 16.8 Å². The molecule has 3 heterocycles. The van der Waals surface area contributed by atoms with E-state index < -0.39 is 25.6 Å². The minimum atomic E-state index is -3.38. The van der Waals surface area contributed by atoms with Gasteiger partial charge in [0.2, 0.25) is 0 Å². The van der Waals surface area contributed by atoms with Gasteiger partial charge in [0.05, 0.1) is 16.2 Å². The van der Waals surface area contributed by atoms with Crippen LogP contribution in [0.25, 0.3) is 40.4 Å². The van der Waals surface area contributed by atoms with E-state index in [0.29, 0.717) is 5.56 Å². The second-order valence-electron chi connectivity index (χ2n) is 9.51. The second kappa shape index (κ2) is 12.9. The van der Waals surface area contributed by atoms with Crippen molar-refractivity contribution >= 4 is 65.8 Å². The Balaban J connectivity index is 0.00000135. The van der Waals surface area contributed by atoms with Crippen LogP contribution in [0.5, 0.6) is 0 Å². The van der Waals surface area contributed by atoms with Crippen LogP contribution in [0.15, 0.2) is 82.6 Å². The molecule has 0 aliphatic rings. The van der Waals surface area contributed by atoms with Crippen LogP contribution in [0.3, 0.4) is 0 Å². The fraction of sp³-hybridized carbons (Fsp3) is 0.133. The molecule has 0 aliphatic carbocycles. The average molecular weight is 673 g/mol. The highest BCUT2D eigenvalue weighted by atomic mass is 32.2. The van der Waals surface area contributed by atoms with Crippen molar-refractivity contribution < 1.29 is 36.3 Å². The van der Waals surface area contributed by atoms with E-state index in [0.717, 1.165) is 52.2 Å². The van der Waals surface area contributed by atoms with E-state index >= 15 is 0 Å². The highest BCUT2D eigenvalue weighted by Crippen LogP contribution is 2.46. The van der Waals surface area contributed by atoms with E-state index in [2.05, 4.69) is 6.07 Å². The van der Waals surface area contributed by atoms with E-state index in [4.69, 9.17) is 9.59 Å². The Labute approximate surface area is 260 Å². The molecular weight excluding hydrogens is 649 g/mol. The maximum absolute atomic E-state index is 12.1. The Hall–Kier alpha value is -3.71. The van der Waals surface area contributed by atoms with Gasteiger partial charge < -0.3 is 5.11 Å². The number of carbonyl (C=O) groups is 1. The molecule has 0 radical (unpaired) electrons. The van der Waals surface area contributed by atoms with E-state index in [1.54, 1.807) is 59.1 Å². The minimum Gasteiger partial charge on any atom is -0.481 e. The summed E-state index contributed by atoms with van der Waals surface area (Å²) in [6.45, 7) is 2.02. The average Bonchev–Trinajstić information content (AvgIpc) is 3.66. The zero-order valence-corrected chi connectivity index (χ0v) is 27.1. The number of thiophene rings is 3. The van der Waals surface area contributed by atoms with Gasteiger partial charge in [-0.2, -0.15) is 9.59 Å². The van der Waals surface area contributed by atoms with Crippen LogP contribution in [0.1, 0.15) is 11.1 Å². The number of sulfone groups is 2. The number of aryl methyl sites for hydroxylation is 1. The largest absolute Gasteiger partial charge is 0.481 e. The second-order valence-corrected chi connectivity index (χ2v) is 16.7. The third-order valence-electron chi connectivity index (χ3n) is 6.22. The quantitative estimate of drug-likeness (QED) is 0.192. The molecule has 1 N–H and O–H groups in total. The number of carboxylic acids is 1. The Morgan fingerprint density at radius 1 is 0.698 bits per heavy atom. The third kappa shape index (κ3) is 7.63. The summed E-state index contributed by atoms with van der Waals surface area (Å²) in [7, 11) is -6.70. The molecule has 8 nitrogen and oxygen atoms in total. The van der Waals surface area contributed by atoms with Gasteiger partial charge in [-0.3, -0.25) is 4.79 Å². The van der Waals surface area contributed by atoms with E-state index in [1.165, 1.54) is 17.6 Å². The van der Waals surface area contributed by atoms with Crippen molar-refractivity contribution in [3.8, 4) is 40.4 Å². The lowest BCUT2D eigenvalue weighted by atomic mass is 10.1. The molecule has 0 saturated heterocycles. The van der Waals surface area contributed by atoms with Crippen LogP contribution in [-0.2, 0) is 40.5 Å². The molecule has 0 saturated carbocycles. The van der Waals surface area contributed by atoms with Crippen molar-refractivity contribution in [1.29, 1.82) is 0 Å². The first-order valence-electron chi connectivity index (χ1n) is 12.4. The lowest BCUT2D eigenvalue weighted by molar-refractivity contribution is -0.191. The van der Waals surface area contributed by atoms with Crippen LogP contribution in [0, 0.1) is 6.92 Å². The number of hydrogen-bond acceptors (Lipinski definition) is 10. The Morgan fingerprint density at radius 3 is 1.65 bits per heavy atom. The predicted octanol–water partition coefficient (Wildman–Crippen LogP) is 6.70. The van der Waals surface area contributed by atoms with Gasteiger partial charge in [0.25, 0.3) is 0 Å². The zero-order valence-electron chi connectivity index (χ0n) is 23.0. The summed E-state index contributed by atoms with van der Waals surface area (Å²) in [5.74, 6) is -0.942. The lowest BCUT2D eigenvalue weighted by Gasteiger charge is -2.01. The van der Waals surface area contributed by atoms with Gasteiger partial charge in [-0.1, -0.05) is 24.3 Å². The number of hydrogen-bond donors (Lipinski definition) is 1. The lowest BCUT2D eigenvalue weighted by Crippen LogP contribution is -1.99. The number of rotatable bonds is 8. The van der Waals surface area contributed by atoms with E-state index in [9.17, 15) is 26.7 Å². The van der Waals surface area contributed by atoms with Crippen molar-refractivity contribution in [2.45, 2.75) is 23.1 Å². The van der Waals surface area contributed by atoms with Crippen molar-refractivity contribution in [3.05, 3.63) is 83.9 Å². The molecule has 2 aromatic carbocycles. The SMILES string of the molecule is Cc1cc(-c2cccc(S(C)(=O)=O)c2)sc1-c1ccc(-c2sc(-c3cccc(S(C)(=O)=O)c3)cc2CC(=O)O)s1.O=C=O. The summed E-state index contributed by atoms with van der Waals surface area (Å²) in [6, 6.07) is 21.5. The maximum atomic E-state index is 12.1. The van der Waals surface area contributed by atoms with Crippen LogP contribution in [-0.4, -0.2) is 46.6 Å². The fourth-order valence-electron chi connectivity index (χ4n) is 4.28. The van der Waals surface area contributed by atoms with Gasteiger partial charge in [0, 0.05) is 41.8 Å². The molecule has 0 atom stereocenters. The summed E-state index contributed by atoms with van der Waals surface area (Å²) >= 11 is 4.59. The Bertz CT molecular complexity index is 2070. The Kier molecular flexibility index (Phi) is 9.65. The van der Waals surface area contributed by atoms with Gasteiger partial charge in [0.15, 0.2) is 19.7 Å². The molecule has 43 heavy (non-hydrogen) atoms. The molecule has 0 fully saturated rings. The molecule has 5 rings (SSSR count).